The fraction of sp³-hybridized carbons (Fsp3) is 0.417. The highest BCUT2D eigenvalue weighted by Crippen LogP contribution is 2.28. The monoisotopic (exact) mass is 314 g/mol. The average molecular weight is 315 g/mol. The van der Waals surface area contributed by atoms with Crippen LogP contribution in [0.15, 0.2) is 22.9 Å². The molecule has 1 atom stereocenters. The number of carbonyl (C=O) groups excluding carboxylic acids is 1. The predicted octanol–water partition coefficient (Wildman–Crippen LogP) is 2.53. The molecule has 0 saturated carbocycles. The number of carboxylic acid groups (broad SMARTS) is 1. The molecule has 0 fully saturated rings. The Balaban J connectivity index is 2.94. The average Bonchev–Trinajstić information content (AvgIpc) is 2.18. The SMILES string of the molecule is CC(C)(C)C(C(=O)O)C(=O)Nc1ccncc1Br. The predicted molar refractivity (Wildman–Crippen MR) is 71.1 cm³/mol. The highest BCUT2D eigenvalue weighted by Gasteiger charge is 2.37. The summed E-state index contributed by atoms with van der Waals surface area (Å²) in [6.07, 6.45) is 3.05. The Labute approximate surface area is 114 Å². The summed E-state index contributed by atoms with van der Waals surface area (Å²) in [6, 6.07) is 1.60. The standard InChI is InChI=1S/C12H15BrN2O3/c1-12(2,3)9(11(17)18)10(16)15-8-4-5-14-6-7(8)13/h4-6,9H,1-3H3,(H,17,18)(H,14,15,16). The summed E-state index contributed by atoms with van der Waals surface area (Å²) in [5.74, 6) is -2.79. The molecular weight excluding hydrogens is 300 g/mol. The Morgan fingerprint density at radius 2 is 2.06 bits per heavy atom. The van der Waals surface area contributed by atoms with Gasteiger partial charge in [0, 0.05) is 12.4 Å². The Morgan fingerprint density at radius 3 is 2.50 bits per heavy atom. The van der Waals surface area contributed by atoms with E-state index in [4.69, 9.17) is 5.11 Å². The minimum absolute atomic E-state index is 0.505. The lowest BCUT2D eigenvalue weighted by atomic mass is 9.80. The van der Waals surface area contributed by atoms with Crippen molar-refractivity contribution in [2.24, 2.45) is 11.3 Å². The molecule has 1 heterocycles. The number of carboxylic acids is 1. The third kappa shape index (κ3) is 3.53. The Hall–Kier alpha value is -1.43. The van der Waals surface area contributed by atoms with Crippen LogP contribution in [0.25, 0.3) is 0 Å². The lowest BCUT2D eigenvalue weighted by Crippen LogP contribution is -2.39. The van der Waals surface area contributed by atoms with Crippen molar-refractivity contribution >= 4 is 33.5 Å². The van der Waals surface area contributed by atoms with E-state index in [1.165, 1.54) is 12.4 Å². The van der Waals surface area contributed by atoms with Crippen LogP contribution in [0.5, 0.6) is 0 Å². The fourth-order valence-electron chi connectivity index (χ4n) is 1.56. The van der Waals surface area contributed by atoms with Gasteiger partial charge in [0.1, 0.15) is 5.92 Å². The van der Waals surface area contributed by atoms with Crippen molar-refractivity contribution in [1.29, 1.82) is 0 Å². The number of aliphatic carboxylic acids is 1. The number of carbonyl (C=O) groups is 2. The molecule has 0 aliphatic heterocycles. The van der Waals surface area contributed by atoms with E-state index in [9.17, 15) is 9.59 Å². The number of aromatic nitrogens is 1. The molecule has 0 aliphatic rings. The number of pyridine rings is 1. The molecule has 2 N–H and O–H groups in total. The molecule has 1 unspecified atom stereocenters. The highest BCUT2D eigenvalue weighted by molar-refractivity contribution is 9.10. The van der Waals surface area contributed by atoms with Gasteiger partial charge in [-0.15, -0.1) is 0 Å². The van der Waals surface area contributed by atoms with Crippen LogP contribution in [-0.4, -0.2) is 22.0 Å². The summed E-state index contributed by atoms with van der Waals surface area (Å²) < 4.78 is 0.608. The number of rotatable bonds is 3. The molecule has 1 aromatic heterocycles. The van der Waals surface area contributed by atoms with Crippen LogP contribution in [-0.2, 0) is 9.59 Å². The van der Waals surface area contributed by atoms with Crippen LogP contribution in [0.1, 0.15) is 20.8 Å². The maximum absolute atomic E-state index is 12.0. The van der Waals surface area contributed by atoms with Gasteiger partial charge in [-0.25, -0.2) is 0 Å². The third-order valence-electron chi connectivity index (χ3n) is 2.41. The first kappa shape index (κ1) is 14.6. The third-order valence-corrected chi connectivity index (χ3v) is 3.04. The van der Waals surface area contributed by atoms with Crippen molar-refractivity contribution < 1.29 is 14.7 Å². The van der Waals surface area contributed by atoms with Gasteiger partial charge in [-0.2, -0.15) is 0 Å². The second-order valence-corrected chi connectivity index (χ2v) is 5.84. The topological polar surface area (TPSA) is 79.3 Å². The quantitative estimate of drug-likeness (QED) is 0.840. The minimum Gasteiger partial charge on any atom is -0.481 e. The molecular formula is C12H15BrN2O3. The smallest absolute Gasteiger partial charge is 0.316 e. The van der Waals surface area contributed by atoms with Crippen molar-refractivity contribution in [2.45, 2.75) is 20.8 Å². The van der Waals surface area contributed by atoms with Crippen LogP contribution in [0, 0.1) is 11.3 Å². The van der Waals surface area contributed by atoms with E-state index in [0.29, 0.717) is 10.2 Å². The first-order chi connectivity index (χ1) is 8.23. The van der Waals surface area contributed by atoms with Gasteiger partial charge in [-0.3, -0.25) is 14.6 Å². The van der Waals surface area contributed by atoms with E-state index in [1.807, 2.05) is 0 Å². The van der Waals surface area contributed by atoms with Gasteiger partial charge in [0.2, 0.25) is 5.91 Å². The van der Waals surface area contributed by atoms with Crippen LogP contribution >= 0.6 is 15.9 Å². The summed E-state index contributed by atoms with van der Waals surface area (Å²) >= 11 is 3.24. The normalized spacial score (nSPS) is 12.9. The number of amides is 1. The lowest BCUT2D eigenvalue weighted by Gasteiger charge is -2.26. The van der Waals surface area contributed by atoms with Crippen molar-refractivity contribution in [3.05, 3.63) is 22.9 Å². The van der Waals surface area contributed by atoms with E-state index in [2.05, 4.69) is 26.2 Å². The molecule has 1 amide bonds. The van der Waals surface area contributed by atoms with Gasteiger partial charge in [0.15, 0.2) is 0 Å². The summed E-state index contributed by atoms with van der Waals surface area (Å²) in [7, 11) is 0. The summed E-state index contributed by atoms with van der Waals surface area (Å²) in [5.41, 5.74) is -0.152. The molecule has 1 rings (SSSR count). The van der Waals surface area contributed by atoms with Gasteiger partial charge in [-0.05, 0) is 27.4 Å². The van der Waals surface area contributed by atoms with Gasteiger partial charge in [0.25, 0.3) is 0 Å². The molecule has 0 radical (unpaired) electrons. The fourth-order valence-corrected chi connectivity index (χ4v) is 1.91. The first-order valence-electron chi connectivity index (χ1n) is 5.36. The number of anilines is 1. The van der Waals surface area contributed by atoms with Gasteiger partial charge in [0.05, 0.1) is 10.2 Å². The molecule has 0 aliphatic carbocycles. The van der Waals surface area contributed by atoms with Crippen molar-refractivity contribution in [2.75, 3.05) is 5.32 Å². The summed E-state index contributed by atoms with van der Waals surface area (Å²) in [4.78, 5) is 27.1. The molecule has 5 nitrogen and oxygen atoms in total. The van der Waals surface area contributed by atoms with Crippen molar-refractivity contribution in [3.63, 3.8) is 0 Å². The maximum atomic E-state index is 12.0. The zero-order valence-corrected chi connectivity index (χ0v) is 12.0. The maximum Gasteiger partial charge on any atom is 0.316 e. The molecule has 1 aromatic rings. The zero-order chi connectivity index (χ0) is 13.9. The van der Waals surface area contributed by atoms with Crippen LogP contribution in [0.2, 0.25) is 0 Å². The Kier molecular flexibility index (Phi) is 4.45. The molecule has 0 bridgehead atoms. The number of hydrogen-bond acceptors (Lipinski definition) is 3. The summed E-state index contributed by atoms with van der Waals surface area (Å²) in [5, 5.41) is 11.7. The van der Waals surface area contributed by atoms with Gasteiger partial charge in [-0.1, -0.05) is 20.8 Å². The zero-order valence-electron chi connectivity index (χ0n) is 10.4. The summed E-state index contributed by atoms with van der Waals surface area (Å²) in [6.45, 7) is 5.15. The first-order valence-corrected chi connectivity index (χ1v) is 6.16. The second kappa shape index (κ2) is 5.48. The van der Waals surface area contributed by atoms with Crippen molar-refractivity contribution in [3.8, 4) is 0 Å². The lowest BCUT2D eigenvalue weighted by molar-refractivity contribution is -0.149. The van der Waals surface area contributed by atoms with E-state index in [-0.39, 0.29) is 0 Å². The van der Waals surface area contributed by atoms with Crippen LogP contribution in [0.4, 0.5) is 5.69 Å². The molecule has 18 heavy (non-hydrogen) atoms. The minimum atomic E-state index is -1.13. The number of nitrogens with zero attached hydrogens (tertiary/aromatic N) is 1. The molecule has 0 spiro atoms. The number of hydrogen-bond donors (Lipinski definition) is 2. The number of halogens is 1. The molecule has 0 aromatic carbocycles. The van der Waals surface area contributed by atoms with E-state index < -0.39 is 23.2 Å². The van der Waals surface area contributed by atoms with E-state index >= 15 is 0 Å². The van der Waals surface area contributed by atoms with E-state index in [1.54, 1.807) is 26.8 Å². The van der Waals surface area contributed by atoms with Crippen LogP contribution in [0.3, 0.4) is 0 Å². The second-order valence-electron chi connectivity index (χ2n) is 4.98. The molecule has 98 valence electrons. The van der Waals surface area contributed by atoms with Gasteiger partial charge >= 0.3 is 5.97 Å². The Bertz CT molecular complexity index is 469. The van der Waals surface area contributed by atoms with Crippen molar-refractivity contribution in [1.82, 2.24) is 4.98 Å². The van der Waals surface area contributed by atoms with Gasteiger partial charge < -0.3 is 10.4 Å². The number of nitrogens with one attached hydrogen (secondary N) is 1. The molecule has 6 heteroatoms. The van der Waals surface area contributed by atoms with E-state index in [0.717, 1.165) is 0 Å². The van der Waals surface area contributed by atoms with Crippen LogP contribution < -0.4 is 5.32 Å². The highest BCUT2D eigenvalue weighted by atomic mass is 79.9. The molecule has 0 saturated heterocycles. The Morgan fingerprint density at radius 1 is 1.44 bits per heavy atom. The largest absolute Gasteiger partial charge is 0.481 e.